The maximum atomic E-state index is 13.2. The maximum Gasteiger partial charge on any atom is 0.333 e. The van der Waals surface area contributed by atoms with Gasteiger partial charge in [0, 0.05) is 19.2 Å². The quantitative estimate of drug-likeness (QED) is 0.308. The lowest BCUT2D eigenvalue weighted by Gasteiger charge is -2.26. The van der Waals surface area contributed by atoms with Crippen molar-refractivity contribution in [2.45, 2.75) is 13.5 Å². The van der Waals surface area contributed by atoms with E-state index in [1.165, 1.54) is 19.3 Å². The first-order valence-corrected chi connectivity index (χ1v) is 11.1. The molecule has 2 aromatic rings. The van der Waals surface area contributed by atoms with Crippen molar-refractivity contribution in [3.05, 3.63) is 47.4 Å². The molecule has 1 saturated heterocycles. The van der Waals surface area contributed by atoms with Crippen LogP contribution in [0.2, 0.25) is 0 Å². The number of amides is 1. The molecule has 34 heavy (non-hydrogen) atoms. The number of ether oxygens (including phenoxy) is 3. The number of nitro benzene ring substituents is 1. The Morgan fingerprint density at radius 2 is 2.03 bits per heavy atom. The fourth-order valence-corrected chi connectivity index (χ4v) is 4.30. The molecule has 0 radical (unpaired) electrons. The average Bonchev–Trinajstić information content (AvgIpc) is 3.09. The van der Waals surface area contributed by atoms with Gasteiger partial charge in [-0.1, -0.05) is 0 Å². The van der Waals surface area contributed by atoms with E-state index in [0.29, 0.717) is 26.3 Å². The topological polar surface area (TPSA) is 150 Å². The van der Waals surface area contributed by atoms with Crippen LogP contribution in [-0.2, 0) is 25.6 Å². The van der Waals surface area contributed by atoms with Crippen LogP contribution in [0.15, 0.2) is 16.9 Å². The minimum Gasteiger partial charge on any atom is -0.500 e. The number of aromatic nitrogens is 1. The molecule has 1 amide bonds. The van der Waals surface area contributed by atoms with Crippen molar-refractivity contribution in [2.75, 3.05) is 40.0 Å². The van der Waals surface area contributed by atoms with Crippen molar-refractivity contribution in [1.82, 2.24) is 9.47 Å². The number of carbonyl (C=O) groups excluding carboxylic acids is 2. The van der Waals surface area contributed by atoms with Gasteiger partial charge in [-0.25, -0.2) is 4.79 Å². The van der Waals surface area contributed by atoms with Crippen LogP contribution >= 0.6 is 11.3 Å². The zero-order chi connectivity index (χ0) is 24.8. The van der Waals surface area contributed by atoms with Gasteiger partial charge >= 0.3 is 11.7 Å². The fourth-order valence-electron chi connectivity index (χ4n) is 3.27. The molecule has 12 nitrogen and oxygen atoms in total. The SMILES string of the molecule is CCOC(=O)/C=c1\s/c(=C\c2cc(OC)c(O)c([N+](=O)[O-])c2)c(=O)n1CC(=O)N1CCOCC1. The molecule has 3 rings (SSSR count). The normalized spacial score (nSPS) is 14.8. The first kappa shape index (κ1) is 24.9. The number of esters is 1. The summed E-state index contributed by atoms with van der Waals surface area (Å²) in [6.07, 6.45) is 2.49. The van der Waals surface area contributed by atoms with Gasteiger partial charge in [-0.05, 0) is 24.6 Å². The van der Waals surface area contributed by atoms with Crippen LogP contribution in [-0.4, -0.2) is 71.4 Å². The van der Waals surface area contributed by atoms with Gasteiger partial charge in [-0.15, -0.1) is 11.3 Å². The molecule has 1 aromatic carbocycles. The molecule has 1 aliphatic heterocycles. The van der Waals surface area contributed by atoms with Crippen LogP contribution in [0.3, 0.4) is 0 Å². The molecule has 1 N–H and O–H groups in total. The first-order valence-electron chi connectivity index (χ1n) is 10.3. The standard InChI is InChI=1S/C21H23N3O9S/c1-3-33-19(26)11-18-23(12-17(25)22-4-6-32-7-5-22)21(28)16(34-18)10-13-8-14(24(29)30)20(27)15(9-13)31-2/h8-11,27H,3-7,12H2,1-2H3/b16-10-,18-11-. The molecular formula is C21H23N3O9S. The molecule has 182 valence electrons. The number of methoxy groups -OCH3 is 1. The van der Waals surface area contributed by atoms with Crippen LogP contribution in [0, 0.1) is 10.1 Å². The van der Waals surface area contributed by atoms with E-state index in [0.717, 1.165) is 28.0 Å². The van der Waals surface area contributed by atoms with Crippen LogP contribution in [0.1, 0.15) is 12.5 Å². The highest BCUT2D eigenvalue weighted by Gasteiger charge is 2.21. The Morgan fingerprint density at radius 3 is 2.65 bits per heavy atom. The Hall–Kier alpha value is -3.71. The van der Waals surface area contributed by atoms with Crippen molar-refractivity contribution < 1.29 is 33.8 Å². The number of phenols is 1. The number of nitro groups is 1. The Bertz CT molecular complexity index is 1280. The summed E-state index contributed by atoms with van der Waals surface area (Å²) in [5.41, 5.74) is -0.936. The summed E-state index contributed by atoms with van der Waals surface area (Å²) in [6.45, 7) is 3.05. The van der Waals surface area contributed by atoms with E-state index in [4.69, 9.17) is 14.2 Å². The van der Waals surface area contributed by atoms with Crippen LogP contribution < -0.4 is 19.5 Å². The Labute approximate surface area is 197 Å². The monoisotopic (exact) mass is 493 g/mol. The van der Waals surface area contributed by atoms with E-state index in [1.807, 2.05) is 0 Å². The average molecular weight is 493 g/mol. The summed E-state index contributed by atoms with van der Waals surface area (Å²) < 4.78 is 16.6. The molecule has 1 aliphatic rings. The van der Waals surface area contributed by atoms with Crippen molar-refractivity contribution in [2.24, 2.45) is 0 Å². The van der Waals surface area contributed by atoms with Gasteiger partial charge in [-0.3, -0.25) is 24.3 Å². The van der Waals surface area contributed by atoms with Crippen LogP contribution in [0.5, 0.6) is 11.5 Å². The van der Waals surface area contributed by atoms with E-state index in [-0.39, 0.29) is 39.6 Å². The second kappa shape index (κ2) is 10.9. The summed E-state index contributed by atoms with van der Waals surface area (Å²) in [5.74, 6) is -1.76. The number of thiazole rings is 1. The number of carbonyl (C=O) groups is 2. The number of benzene rings is 1. The van der Waals surface area contributed by atoms with Gasteiger partial charge in [0.25, 0.3) is 5.56 Å². The van der Waals surface area contributed by atoms with E-state index in [1.54, 1.807) is 11.8 Å². The summed E-state index contributed by atoms with van der Waals surface area (Å²) in [7, 11) is 1.24. The minimum absolute atomic E-state index is 0.118. The molecule has 2 heterocycles. The van der Waals surface area contributed by atoms with E-state index < -0.39 is 27.9 Å². The van der Waals surface area contributed by atoms with Crippen molar-refractivity contribution in [1.29, 1.82) is 0 Å². The largest absolute Gasteiger partial charge is 0.500 e. The lowest BCUT2D eigenvalue weighted by molar-refractivity contribution is -0.386. The summed E-state index contributed by atoms with van der Waals surface area (Å²) in [6, 6.07) is 2.43. The highest BCUT2D eigenvalue weighted by molar-refractivity contribution is 7.07. The lowest BCUT2D eigenvalue weighted by Crippen LogP contribution is -2.45. The highest BCUT2D eigenvalue weighted by atomic mass is 32.1. The molecule has 0 saturated carbocycles. The number of hydrogen-bond acceptors (Lipinski definition) is 10. The summed E-state index contributed by atoms with van der Waals surface area (Å²) in [4.78, 5) is 50.0. The van der Waals surface area contributed by atoms with Gasteiger partial charge in [0.2, 0.25) is 11.7 Å². The smallest absolute Gasteiger partial charge is 0.333 e. The van der Waals surface area contributed by atoms with Gasteiger partial charge in [0.15, 0.2) is 5.75 Å². The molecule has 0 spiro atoms. The van der Waals surface area contributed by atoms with Crippen LogP contribution in [0.4, 0.5) is 5.69 Å². The number of aromatic hydroxyl groups is 1. The molecular weight excluding hydrogens is 470 g/mol. The molecule has 13 heteroatoms. The molecule has 0 aliphatic carbocycles. The van der Waals surface area contributed by atoms with Gasteiger partial charge in [0.1, 0.15) is 11.2 Å². The lowest BCUT2D eigenvalue weighted by atomic mass is 10.1. The van der Waals surface area contributed by atoms with Gasteiger partial charge in [-0.2, -0.15) is 0 Å². The minimum atomic E-state index is -0.775. The Kier molecular flexibility index (Phi) is 8.02. The fraction of sp³-hybridized carbons (Fsp3) is 0.381. The first-order chi connectivity index (χ1) is 16.2. The zero-order valence-corrected chi connectivity index (χ0v) is 19.3. The molecule has 0 unspecified atom stereocenters. The Morgan fingerprint density at radius 1 is 1.32 bits per heavy atom. The van der Waals surface area contributed by atoms with Crippen LogP contribution in [0.25, 0.3) is 12.2 Å². The maximum absolute atomic E-state index is 13.2. The molecule has 0 atom stereocenters. The zero-order valence-electron chi connectivity index (χ0n) is 18.5. The molecule has 0 bridgehead atoms. The number of phenolic OH excluding ortho intramolecular Hbond substituents is 1. The predicted octanol–water partition coefficient (Wildman–Crippen LogP) is -0.437. The van der Waals surface area contributed by atoms with Gasteiger partial charge < -0.3 is 24.2 Å². The van der Waals surface area contributed by atoms with Crippen molar-refractivity contribution >= 4 is 41.1 Å². The van der Waals surface area contributed by atoms with Crippen molar-refractivity contribution in [3.8, 4) is 11.5 Å². The third kappa shape index (κ3) is 5.61. The van der Waals surface area contributed by atoms with E-state index in [2.05, 4.69) is 0 Å². The second-order valence-corrected chi connectivity index (χ2v) is 8.14. The highest BCUT2D eigenvalue weighted by Crippen LogP contribution is 2.36. The summed E-state index contributed by atoms with van der Waals surface area (Å²) >= 11 is 0.926. The van der Waals surface area contributed by atoms with Crippen molar-refractivity contribution in [3.63, 3.8) is 0 Å². The number of rotatable bonds is 7. The molecule has 1 aromatic heterocycles. The summed E-state index contributed by atoms with van der Waals surface area (Å²) in [5, 5.41) is 21.3. The number of hydrogen-bond donors (Lipinski definition) is 1. The van der Waals surface area contributed by atoms with Gasteiger partial charge in [0.05, 0.1) is 42.5 Å². The van der Waals surface area contributed by atoms with E-state index in [9.17, 15) is 29.6 Å². The number of morpholine rings is 1. The molecule has 1 fully saturated rings. The number of nitrogens with zero attached hydrogens (tertiary/aromatic N) is 3. The Balaban J connectivity index is 2.12. The predicted molar refractivity (Wildman–Crippen MR) is 121 cm³/mol. The van der Waals surface area contributed by atoms with E-state index >= 15 is 0 Å². The third-order valence-electron chi connectivity index (χ3n) is 4.91. The second-order valence-electron chi connectivity index (χ2n) is 7.08. The third-order valence-corrected chi connectivity index (χ3v) is 5.97.